The molecular weight excluding hydrogens is 464 g/mol. The molecule has 0 amide bonds. The fourth-order valence-corrected chi connectivity index (χ4v) is 6.63. The van der Waals surface area contributed by atoms with Crippen molar-refractivity contribution in [3.63, 3.8) is 0 Å². The fraction of sp³-hybridized carbons (Fsp3) is 0.222. The Bertz CT molecular complexity index is 1510. The van der Waals surface area contributed by atoms with Gasteiger partial charge in [-0.1, -0.05) is 42.0 Å². The number of fused-ring (bicyclic) bond motifs is 2. The largest absolute Gasteiger partial charge is 0.497 e. The summed E-state index contributed by atoms with van der Waals surface area (Å²) in [6.07, 6.45) is 1.74. The molecule has 5 rings (SSSR count). The normalized spacial score (nSPS) is 17.9. The first kappa shape index (κ1) is 23.1. The molecule has 0 aliphatic carbocycles. The number of rotatable bonds is 6. The molecular formula is C27H26N2O5S. The summed E-state index contributed by atoms with van der Waals surface area (Å²) in [4.78, 5) is 15.9. The second kappa shape index (κ2) is 8.87. The second-order valence-corrected chi connectivity index (χ2v) is 10.5. The quantitative estimate of drug-likeness (QED) is 0.389. The number of nitrogens with one attached hydrogen (secondary N) is 1. The van der Waals surface area contributed by atoms with Crippen molar-refractivity contribution in [1.29, 1.82) is 0 Å². The third-order valence-corrected chi connectivity index (χ3v) is 8.50. The molecule has 0 saturated heterocycles. The van der Waals surface area contributed by atoms with Crippen molar-refractivity contribution in [2.24, 2.45) is 0 Å². The van der Waals surface area contributed by atoms with Crippen molar-refractivity contribution in [2.75, 3.05) is 14.2 Å². The van der Waals surface area contributed by atoms with E-state index >= 15 is 0 Å². The van der Waals surface area contributed by atoms with E-state index in [4.69, 9.17) is 9.47 Å². The number of aromatic nitrogens is 1. The monoisotopic (exact) mass is 490 g/mol. The van der Waals surface area contributed by atoms with Crippen LogP contribution in [0.25, 0.3) is 10.9 Å². The predicted molar refractivity (Wildman–Crippen MR) is 133 cm³/mol. The number of sulfonamides is 1. The molecule has 180 valence electrons. The van der Waals surface area contributed by atoms with E-state index in [-0.39, 0.29) is 11.3 Å². The van der Waals surface area contributed by atoms with Gasteiger partial charge < -0.3 is 14.5 Å². The van der Waals surface area contributed by atoms with E-state index in [2.05, 4.69) is 4.98 Å². The molecule has 7 nitrogen and oxygen atoms in total. The van der Waals surface area contributed by atoms with Gasteiger partial charge in [0.25, 0.3) is 0 Å². The molecule has 0 spiro atoms. The van der Waals surface area contributed by atoms with E-state index in [9.17, 15) is 13.2 Å². The molecule has 3 aromatic carbocycles. The molecule has 0 bridgehead atoms. The lowest BCUT2D eigenvalue weighted by atomic mass is 9.96. The Balaban J connectivity index is 1.76. The third kappa shape index (κ3) is 3.88. The first-order valence-corrected chi connectivity index (χ1v) is 12.7. The second-order valence-electron chi connectivity index (χ2n) is 8.63. The van der Waals surface area contributed by atoms with Crippen LogP contribution in [0, 0.1) is 6.92 Å². The number of hydrogen-bond acceptors (Lipinski definition) is 5. The molecule has 1 aliphatic heterocycles. The summed E-state index contributed by atoms with van der Waals surface area (Å²) < 4.78 is 40.2. The SMILES string of the molecule is COC(=O)C[C@H]1c2ccccc2[C@@H](c2c[nH]c3ccc(OC)cc23)N1S(=O)(=O)c1ccc(C)cc1. The summed E-state index contributed by atoms with van der Waals surface area (Å²) in [6, 6.07) is 18.6. The number of carbonyl (C=O) groups is 1. The summed E-state index contributed by atoms with van der Waals surface area (Å²) in [7, 11) is -1.10. The Labute approximate surface area is 204 Å². The van der Waals surface area contributed by atoms with E-state index in [0.29, 0.717) is 5.75 Å². The molecule has 4 aromatic rings. The minimum Gasteiger partial charge on any atom is -0.497 e. The van der Waals surface area contributed by atoms with Gasteiger partial charge in [0.15, 0.2) is 0 Å². The maximum absolute atomic E-state index is 14.2. The van der Waals surface area contributed by atoms with Crippen LogP contribution >= 0.6 is 0 Å². The zero-order chi connectivity index (χ0) is 24.7. The van der Waals surface area contributed by atoms with Crippen molar-refractivity contribution in [2.45, 2.75) is 30.3 Å². The molecule has 0 unspecified atom stereocenters. The van der Waals surface area contributed by atoms with E-state index in [1.807, 2.05) is 55.6 Å². The van der Waals surface area contributed by atoms with Crippen LogP contribution < -0.4 is 4.74 Å². The molecule has 1 aliphatic rings. The minimum atomic E-state index is -4.01. The lowest BCUT2D eigenvalue weighted by Gasteiger charge is -2.29. The van der Waals surface area contributed by atoms with Crippen LogP contribution in [0.5, 0.6) is 5.75 Å². The van der Waals surface area contributed by atoms with Gasteiger partial charge in [0.1, 0.15) is 5.75 Å². The van der Waals surface area contributed by atoms with Crippen molar-refractivity contribution in [3.8, 4) is 5.75 Å². The summed E-state index contributed by atoms with van der Waals surface area (Å²) in [5.74, 6) is 0.193. The standard InChI is InChI=1S/C27H26N2O5S/c1-17-8-11-19(12-9-17)35(31,32)29-25(15-26(30)34-3)20-6-4-5-7-21(20)27(29)23-16-28-24-13-10-18(33-2)14-22(23)24/h4-14,16,25,27-28H,15H2,1-3H3/t25-,27-/m0/s1. The molecule has 1 aromatic heterocycles. The Morgan fingerprint density at radius 3 is 2.37 bits per heavy atom. The summed E-state index contributed by atoms with van der Waals surface area (Å²) >= 11 is 0. The van der Waals surface area contributed by atoms with Gasteiger partial charge in [0.2, 0.25) is 10.0 Å². The number of hydrogen-bond donors (Lipinski definition) is 1. The average Bonchev–Trinajstić information content (AvgIpc) is 3.43. The maximum atomic E-state index is 14.2. The molecule has 0 saturated carbocycles. The van der Waals surface area contributed by atoms with Crippen LogP contribution in [0.3, 0.4) is 0 Å². The molecule has 0 fully saturated rings. The lowest BCUT2D eigenvalue weighted by molar-refractivity contribution is -0.141. The molecule has 35 heavy (non-hydrogen) atoms. The van der Waals surface area contributed by atoms with Crippen LogP contribution in [0.15, 0.2) is 77.8 Å². The highest BCUT2D eigenvalue weighted by atomic mass is 32.2. The van der Waals surface area contributed by atoms with Crippen LogP contribution in [0.4, 0.5) is 0 Å². The molecule has 2 atom stereocenters. The Morgan fingerprint density at radius 2 is 1.69 bits per heavy atom. The van der Waals surface area contributed by atoms with Crippen molar-refractivity contribution in [3.05, 3.63) is 95.2 Å². The maximum Gasteiger partial charge on any atom is 0.307 e. The van der Waals surface area contributed by atoms with Gasteiger partial charge in [-0.05, 0) is 48.4 Å². The van der Waals surface area contributed by atoms with E-state index < -0.39 is 28.1 Å². The van der Waals surface area contributed by atoms with Gasteiger partial charge in [0.05, 0.1) is 37.6 Å². The summed E-state index contributed by atoms with van der Waals surface area (Å²) in [6.45, 7) is 1.91. The van der Waals surface area contributed by atoms with Gasteiger partial charge in [-0.25, -0.2) is 8.42 Å². The molecule has 2 heterocycles. The third-order valence-electron chi connectivity index (χ3n) is 6.61. The van der Waals surface area contributed by atoms with Crippen molar-refractivity contribution < 1.29 is 22.7 Å². The zero-order valence-corrected chi connectivity index (χ0v) is 20.5. The number of aromatic amines is 1. The minimum absolute atomic E-state index is 0.0964. The number of aryl methyl sites for hydroxylation is 1. The van der Waals surface area contributed by atoms with E-state index in [1.54, 1.807) is 31.4 Å². The topological polar surface area (TPSA) is 88.7 Å². The summed E-state index contributed by atoms with van der Waals surface area (Å²) in [5, 5.41) is 0.854. The van der Waals surface area contributed by atoms with Gasteiger partial charge in [0, 0.05) is 22.7 Å². The predicted octanol–water partition coefficient (Wildman–Crippen LogP) is 4.88. The highest BCUT2D eigenvalue weighted by Crippen LogP contribution is 2.51. The Hall–Kier alpha value is -3.62. The number of esters is 1. The number of ether oxygens (including phenoxy) is 2. The Kier molecular flexibility index (Phi) is 5.86. The van der Waals surface area contributed by atoms with Gasteiger partial charge in [-0.3, -0.25) is 4.79 Å². The number of nitrogens with zero attached hydrogens (tertiary/aromatic N) is 1. The molecule has 0 radical (unpaired) electrons. The van der Waals surface area contributed by atoms with Crippen molar-refractivity contribution in [1.82, 2.24) is 9.29 Å². The van der Waals surface area contributed by atoms with Crippen LogP contribution in [-0.2, 0) is 19.6 Å². The number of methoxy groups -OCH3 is 2. The van der Waals surface area contributed by atoms with Gasteiger partial charge >= 0.3 is 5.97 Å². The zero-order valence-electron chi connectivity index (χ0n) is 19.7. The highest BCUT2D eigenvalue weighted by molar-refractivity contribution is 7.89. The van der Waals surface area contributed by atoms with E-state index in [0.717, 1.165) is 33.2 Å². The fourth-order valence-electron chi connectivity index (χ4n) is 4.88. The van der Waals surface area contributed by atoms with Crippen molar-refractivity contribution >= 4 is 26.9 Å². The molecule has 8 heteroatoms. The first-order chi connectivity index (χ1) is 16.8. The number of benzene rings is 3. The number of carbonyl (C=O) groups excluding carboxylic acids is 1. The lowest BCUT2D eigenvalue weighted by Crippen LogP contribution is -2.34. The summed E-state index contributed by atoms with van der Waals surface area (Å²) in [5.41, 5.74) is 4.23. The highest BCUT2D eigenvalue weighted by Gasteiger charge is 2.47. The van der Waals surface area contributed by atoms with E-state index in [1.165, 1.54) is 11.4 Å². The van der Waals surface area contributed by atoms with Gasteiger partial charge in [-0.15, -0.1) is 0 Å². The van der Waals surface area contributed by atoms with Crippen LogP contribution in [0.2, 0.25) is 0 Å². The number of H-pyrrole nitrogens is 1. The molecule has 1 N–H and O–H groups in total. The van der Waals surface area contributed by atoms with Crippen LogP contribution in [-0.4, -0.2) is 37.9 Å². The first-order valence-electron chi connectivity index (χ1n) is 11.3. The van der Waals surface area contributed by atoms with Crippen LogP contribution in [0.1, 0.15) is 40.8 Å². The Morgan fingerprint density at radius 1 is 0.971 bits per heavy atom. The smallest absolute Gasteiger partial charge is 0.307 e. The average molecular weight is 491 g/mol. The van der Waals surface area contributed by atoms with Gasteiger partial charge in [-0.2, -0.15) is 4.31 Å².